The summed E-state index contributed by atoms with van der Waals surface area (Å²) in [6, 6.07) is 1.18. The maximum atomic E-state index is 5.39. The monoisotopic (exact) mass is 256 g/mol. The molecule has 18 heavy (non-hydrogen) atoms. The van der Waals surface area contributed by atoms with E-state index in [2.05, 4.69) is 37.9 Å². The fraction of sp³-hybridized carbons (Fsp3) is 1.00. The summed E-state index contributed by atoms with van der Waals surface area (Å²) < 4.78 is 5.39. The first-order valence-electron chi connectivity index (χ1n) is 7.51. The highest BCUT2D eigenvalue weighted by Gasteiger charge is 2.27. The van der Waals surface area contributed by atoms with Gasteiger partial charge in [-0.3, -0.25) is 4.90 Å². The van der Waals surface area contributed by atoms with E-state index >= 15 is 0 Å². The summed E-state index contributed by atoms with van der Waals surface area (Å²) in [6.45, 7) is 13.6. The average molecular weight is 256 g/mol. The molecule has 0 saturated carbocycles. The Morgan fingerprint density at radius 2 is 2.00 bits per heavy atom. The number of piperidine rings is 1. The molecule has 0 aliphatic carbocycles. The Morgan fingerprint density at radius 1 is 1.28 bits per heavy atom. The van der Waals surface area contributed by atoms with Gasteiger partial charge in [0.15, 0.2) is 0 Å². The fourth-order valence-electron chi connectivity index (χ4n) is 2.86. The van der Waals surface area contributed by atoms with Crippen molar-refractivity contribution < 1.29 is 4.74 Å². The maximum absolute atomic E-state index is 5.39. The summed E-state index contributed by atoms with van der Waals surface area (Å²) in [6.07, 6.45) is 2.70. The third-order valence-corrected chi connectivity index (χ3v) is 3.94. The lowest BCUT2D eigenvalue weighted by atomic mass is 9.93. The van der Waals surface area contributed by atoms with Crippen LogP contribution in [-0.2, 0) is 4.74 Å². The number of ether oxygens (including phenoxy) is 1. The van der Waals surface area contributed by atoms with E-state index in [0.717, 1.165) is 19.1 Å². The van der Waals surface area contributed by atoms with Crippen molar-refractivity contribution in [1.82, 2.24) is 10.2 Å². The van der Waals surface area contributed by atoms with Crippen molar-refractivity contribution in [3.05, 3.63) is 0 Å². The quantitative estimate of drug-likeness (QED) is 0.757. The molecular weight excluding hydrogens is 224 g/mol. The van der Waals surface area contributed by atoms with Crippen LogP contribution >= 0.6 is 0 Å². The Labute approximate surface area is 113 Å². The largest absolute Gasteiger partial charge is 0.383 e. The van der Waals surface area contributed by atoms with Gasteiger partial charge < -0.3 is 10.1 Å². The molecule has 1 saturated heterocycles. The van der Waals surface area contributed by atoms with Gasteiger partial charge in [0, 0.05) is 25.7 Å². The van der Waals surface area contributed by atoms with Gasteiger partial charge in [-0.05, 0) is 37.8 Å². The molecule has 1 heterocycles. The van der Waals surface area contributed by atoms with Crippen molar-refractivity contribution in [2.45, 2.75) is 52.6 Å². The van der Waals surface area contributed by atoms with E-state index in [9.17, 15) is 0 Å². The van der Waals surface area contributed by atoms with Crippen molar-refractivity contribution in [3.8, 4) is 0 Å². The third-order valence-electron chi connectivity index (χ3n) is 3.94. The zero-order chi connectivity index (χ0) is 13.5. The van der Waals surface area contributed by atoms with Gasteiger partial charge in [0.05, 0.1) is 6.61 Å². The van der Waals surface area contributed by atoms with E-state index in [1.807, 2.05) is 7.11 Å². The van der Waals surface area contributed by atoms with Crippen molar-refractivity contribution in [3.63, 3.8) is 0 Å². The molecule has 1 N–H and O–H groups in total. The fourth-order valence-corrected chi connectivity index (χ4v) is 2.86. The molecular formula is C15H32N2O. The number of rotatable bonds is 7. The summed E-state index contributed by atoms with van der Waals surface area (Å²) >= 11 is 0. The molecule has 0 spiro atoms. The lowest BCUT2D eigenvalue weighted by Crippen LogP contribution is -2.49. The van der Waals surface area contributed by atoms with Crippen molar-refractivity contribution >= 4 is 0 Å². The number of likely N-dealkylation sites (tertiary alicyclic amines) is 1. The number of methoxy groups -OCH3 is 1. The Kier molecular flexibility index (Phi) is 7.20. The topological polar surface area (TPSA) is 24.5 Å². The predicted octanol–water partition coefficient (Wildman–Crippen LogP) is 2.37. The van der Waals surface area contributed by atoms with Crippen LogP contribution in [0.15, 0.2) is 0 Å². The lowest BCUT2D eigenvalue weighted by Gasteiger charge is -2.40. The normalized spacial score (nSPS) is 23.8. The van der Waals surface area contributed by atoms with Crippen molar-refractivity contribution in [2.75, 3.05) is 33.4 Å². The second kappa shape index (κ2) is 8.13. The van der Waals surface area contributed by atoms with Crippen LogP contribution in [0, 0.1) is 11.8 Å². The van der Waals surface area contributed by atoms with Crippen LogP contribution in [0.3, 0.4) is 0 Å². The van der Waals surface area contributed by atoms with Gasteiger partial charge in [-0.2, -0.15) is 0 Å². The predicted molar refractivity (Wildman–Crippen MR) is 77.9 cm³/mol. The summed E-state index contributed by atoms with van der Waals surface area (Å²) in [4.78, 5) is 2.64. The first-order valence-corrected chi connectivity index (χ1v) is 7.51. The number of hydrogen-bond acceptors (Lipinski definition) is 3. The van der Waals surface area contributed by atoms with E-state index in [4.69, 9.17) is 4.74 Å². The molecule has 0 amide bonds. The van der Waals surface area contributed by atoms with E-state index in [1.54, 1.807) is 0 Å². The highest BCUT2D eigenvalue weighted by Crippen LogP contribution is 2.21. The standard InChI is InChI=1S/C15H32N2O/c1-12(2)15(11-18-5)17-8-6-7-14(10-17)9-16-13(3)4/h12-16H,6-11H2,1-5H3. The second-order valence-corrected chi connectivity index (χ2v) is 6.33. The van der Waals surface area contributed by atoms with Crippen LogP contribution in [0.4, 0.5) is 0 Å². The average Bonchev–Trinajstić information content (AvgIpc) is 2.33. The van der Waals surface area contributed by atoms with E-state index in [0.29, 0.717) is 18.0 Å². The molecule has 3 nitrogen and oxygen atoms in total. The number of nitrogens with zero attached hydrogens (tertiary/aromatic N) is 1. The Morgan fingerprint density at radius 3 is 2.56 bits per heavy atom. The molecule has 2 atom stereocenters. The smallest absolute Gasteiger partial charge is 0.0620 e. The molecule has 0 radical (unpaired) electrons. The molecule has 1 aliphatic rings. The zero-order valence-electron chi connectivity index (χ0n) is 12.9. The van der Waals surface area contributed by atoms with Crippen LogP contribution in [-0.4, -0.2) is 50.3 Å². The van der Waals surface area contributed by atoms with Gasteiger partial charge >= 0.3 is 0 Å². The third kappa shape index (κ3) is 5.25. The minimum atomic E-state index is 0.580. The number of nitrogens with one attached hydrogen (secondary N) is 1. The Hall–Kier alpha value is -0.120. The highest BCUT2D eigenvalue weighted by molar-refractivity contribution is 4.82. The molecule has 0 aromatic carbocycles. The summed E-state index contributed by atoms with van der Waals surface area (Å²) in [7, 11) is 1.82. The Bertz CT molecular complexity index is 219. The molecule has 3 heteroatoms. The highest BCUT2D eigenvalue weighted by atomic mass is 16.5. The van der Waals surface area contributed by atoms with Crippen LogP contribution in [0.1, 0.15) is 40.5 Å². The van der Waals surface area contributed by atoms with Crippen molar-refractivity contribution in [2.24, 2.45) is 11.8 Å². The first-order chi connectivity index (χ1) is 8.54. The van der Waals surface area contributed by atoms with Gasteiger partial charge in [-0.15, -0.1) is 0 Å². The summed E-state index contributed by atoms with van der Waals surface area (Å²) in [5, 5.41) is 3.58. The molecule has 0 bridgehead atoms. The molecule has 1 aliphatic heterocycles. The molecule has 108 valence electrons. The zero-order valence-corrected chi connectivity index (χ0v) is 12.9. The van der Waals surface area contributed by atoms with Gasteiger partial charge in [-0.25, -0.2) is 0 Å². The Balaban J connectivity index is 2.45. The molecule has 1 fully saturated rings. The minimum absolute atomic E-state index is 0.580. The summed E-state index contributed by atoms with van der Waals surface area (Å²) in [5.74, 6) is 1.47. The van der Waals surface area contributed by atoms with Gasteiger partial charge in [-0.1, -0.05) is 27.7 Å². The second-order valence-electron chi connectivity index (χ2n) is 6.33. The summed E-state index contributed by atoms with van der Waals surface area (Å²) in [5.41, 5.74) is 0. The molecule has 0 aromatic rings. The van der Waals surface area contributed by atoms with Crippen molar-refractivity contribution in [1.29, 1.82) is 0 Å². The SMILES string of the molecule is COCC(C(C)C)N1CCCC(CNC(C)C)C1. The van der Waals surface area contributed by atoms with Crippen LogP contribution in [0.2, 0.25) is 0 Å². The van der Waals surface area contributed by atoms with Gasteiger partial charge in [0.2, 0.25) is 0 Å². The minimum Gasteiger partial charge on any atom is -0.383 e. The molecule has 1 rings (SSSR count). The van der Waals surface area contributed by atoms with Gasteiger partial charge in [0.25, 0.3) is 0 Å². The molecule has 0 aromatic heterocycles. The van der Waals surface area contributed by atoms with Crippen LogP contribution < -0.4 is 5.32 Å². The van der Waals surface area contributed by atoms with E-state index < -0.39 is 0 Å². The van der Waals surface area contributed by atoms with Crippen LogP contribution in [0.25, 0.3) is 0 Å². The van der Waals surface area contributed by atoms with Crippen LogP contribution in [0.5, 0.6) is 0 Å². The number of hydrogen-bond donors (Lipinski definition) is 1. The van der Waals surface area contributed by atoms with E-state index in [-0.39, 0.29) is 0 Å². The van der Waals surface area contributed by atoms with Gasteiger partial charge in [0.1, 0.15) is 0 Å². The lowest BCUT2D eigenvalue weighted by molar-refractivity contribution is 0.0365. The van der Waals surface area contributed by atoms with E-state index in [1.165, 1.54) is 25.9 Å². The maximum Gasteiger partial charge on any atom is 0.0620 e. The first kappa shape index (κ1) is 15.9. The molecule has 2 unspecified atom stereocenters.